The molecule has 0 spiro atoms. The zero-order chi connectivity index (χ0) is 8.43. The third-order valence-electron chi connectivity index (χ3n) is 1.01. The number of aliphatic imine (C=N–C) groups is 1. The number of nitrogens with one attached hydrogen (secondary N) is 2. The van der Waals surface area contributed by atoms with Crippen LogP contribution in [-0.2, 0) is 4.79 Å². The molecule has 1 atom stereocenters. The van der Waals surface area contributed by atoms with Gasteiger partial charge in [-0.05, 0) is 0 Å². The Hall–Kier alpha value is -1.83. The number of urea groups is 1. The maximum atomic E-state index is 10.6. The molecule has 1 heterocycles. The molecule has 12 heavy (non-hydrogen) atoms. The molecule has 8 nitrogen and oxygen atoms in total. The minimum absolute atomic E-state index is 0. The van der Waals surface area contributed by atoms with Crippen LogP contribution in [0.2, 0.25) is 0 Å². The van der Waals surface area contributed by atoms with E-state index in [0.29, 0.717) is 0 Å². The zero-order valence-electron chi connectivity index (χ0n) is 6.33. The summed E-state index contributed by atoms with van der Waals surface area (Å²) < 4.78 is 0. The maximum absolute atomic E-state index is 10.6. The fourth-order valence-electron chi connectivity index (χ4n) is 0.624. The van der Waals surface area contributed by atoms with Gasteiger partial charge in [-0.25, -0.2) is 9.79 Å². The van der Waals surface area contributed by atoms with Crippen molar-refractivity contribution in [3.05, 3.63) is 0 Å². The molecule has 1 aliphatic heterocycles. The van der Waals surface area contributed by atoms with Crippen molar-refractivity contribution in [1.82, 2.24) is 16.8 Å². The number of carbonyl (C=O) groups excluding carboxylic acids is 2. The van der Waals surface area contributed by atoms with E-state index in [0.717, 1.165) is 0 Å². The van der Waals surface area contributed by atoms with Crippen molar-refractivity contribution < 1.29 is 14.7 Å². The van der Waals surface area contributed by atoms with Crippen LogP contribution in [0.5, 0.6) is 0 Å². The summed E-state index contributed by atoms with van der Waals surface area (Å²) in [6, 6.07) is -1.67. The number of amides is 3. The first-order valence-electron chi connectivity index (χ1n) is 2.71. The Kier molecular flexibility index (Phi) is 2.99. The van der Waals surface area contributed by atoms with Crippen LogP contribution in [0.4, 0.5) is 4.79 Å². The molecule has 1 rings (SSSR count). The number of rotatable bonds is 1. The predicted molar refractivity (Wildman–Crippen MR) is 38.1 cm³/mol. The minimum Gasteiger partial charge on any atom is -0.846 e. The van der Waals surface area contributed by atoms with E-state index in [2.05, 4.69) is 16.0 Å². The van der Waals surface area contributed by atoms with Crippen molar-refractivity contribution in [3.8, 4) is 0 Å². The molecule has 0 bridgehead atoms. The first-order valence-corrected chi connectivity index (χ1v) is 2.71. The summed E-state index contributed by atoms with van der Waals surface area (Å²) >= 11 is 0. The largest absolute Gasteiger partial charge is 0.846 e. The minimum atomic E-state index is -1.17. The Morgan fingerprint density at radius 2 is 2.17 bits per heavy atom. The number of hydrogen-bond acceptors (Lipinski definition) is 4. The Morgan fingerprint density at radius 3 is 2.50 bits per heavy atom. The molecule has 0 aromatic rings. The zero-order valence-corrected chi connectivity index (χ0v) is 6.33. The standard InChI is InChI=1S/C4H6N4O3.H3N/c5-3(10)6-1-2(9)8-4(11)7-1;/h1H,(H3,5,6,10)(H2,7,8,9,11);1H3. The summed E-state index contributed by atoms with van der Waals surface area (Å²) in [7, 11) is 0. The average molecular weight is 175 g/mol. The van der Waals surface area contributed by atoms with Crippen LogP contribution in [0.3, 0.4) is 0 Å². The lowest BCUT2D eigenvalue weighted by Gasteiger charge is -2.05. The molecule has 3 amide bonds. The molecule has 1 fully saturated rings. The molecular formula is C4H9N5O3. The van der Waals surface area contributed by atoms with E-state index in [9.17, 15) is 14.7 Å². The highest BCUT2D eigenvalue weighted by atomic mass is 16.3. The second-order valence-corrected chi connectivity index (χ2v) is 1.83. The van der Waals surface area contributed by atoms with Gasteiger partial charge in [0.15, 0.2) is 0 Å². The molecule has 1 aliphatic rings. The van der Waals surface area contributed by atoms with Crippen LogP contribution < -0.4 is 27.6 Å². The van der Waals surface area contributed by atoms with E-state index >= 15 is 0 Å². The van der Waals surface area contributed by atoms with Crippen molar-refractivity contribution in [1.29, 1.82) is 0 Å². The van der Waals surface area contributed by atoms with Crippen molar-refractivity contribution >= 4 is 18.0 Å². The van der Waals surface area contributed by atoms with Crippen molar-refractivity contribution in [2.45, 2.75) is 6.17 Å². The Labute approximate surface area is 67.4 Å². The third kappa shape index (κ3) is 2.09. The summed E-state index contributed by atoms with van der Waals surface area (Å²) in [4.78, 5) is 24.1. The lowest BCUT2D eigenvalue weighted by atomic mass is 10.5. The number of hydrogen-bond donors (Lipinski definition) is 4. The number of quaternary nitrogens is 1. The lowest BCUT2D eigenvalue weighted by Crippen LogP contribution is -2.35. The van der Waals surface area contributed by atoms with Crippen molar-refractivity contribution in [3.63, 3.8) is 0 Å². The monoisotopic (exact) mass is 175 g/mol. The fourth-order valence-corrected chi connectivity index (χ4v) is 0.624. The molecule has 8 N–H and O–H groups in total. The number of nitrogens with zero attached hydrogens (tertiary/aromatic N) is 1. The molecule has 0 aromatic carbocycles. The topological polar surface area (TPSA) is 156 Å². The van der Waals surface area contributed by atoms with Gasteiger partial charge in [-0.3, -0.25) is 10.1 Å². The fraction of sp³-hybridized carbons (Fsp3) is 0.250. The number of carbonyl (C=O) groups is 2. The first kappa shape index (κ1) is 10.2. The van der Waals surface area contributed by atoms with E-state index < -0.39 is 24.1 Å². The van der Waals surface area contributed by atoms with Crippen molar-refractivity contribution in [2.75, 3.05) is 0 Å². The van der Waals surface area contributed by atoms with Crippen molar-refractivity contribution in [2.24, 2.45) is 10.7 Å². The van der Waals surface area contributed by atoms with Gasteiger partial charge < -0.3 is 22.3 Å². The maximum Gasteiger partial charge on any atom is 0.323 e. The molecule has 0 aromatic heterocycles. The first-order chi connectivity index (χ1) is 5.09. The smallest absolute Gasteiger partial charge is 0.323 e. The summed E-state index contributed by atoms with van der Waals surface area (Å²) in [5, 5.41) is 14.1. The molecule has 0 aliphatic carbocycles. The van der Waals surface area contributed by atoms with E-state index in [-0.39, 0.29) is 6.15 Å². The van der Waals surface area contributed by atoms with Crippen LogP contribution in [0.1, 0.15) is 0 Å². The highest BCUT2D eigenvalue weighted by Crippen LogP contribution is 1.92. The van der Waals surface area contributed by atoms with E-state index in [1.54, 1.807) is 0 Å². The summed E-state index contributed by atoms with van der Waals surface area (Å²) in [6.07, 6.45) is -1.17. The molecule has 0 saturated carbocycles. The summed E-state index contributed by atoms with van der Waals surface area (Å²) in [6.45, 7) is 0. The van der Waals surface area contributed by atoms with Gasteiger partial charge in [0.05, 0.1) is 0 Å². The van der Waals surface area contributed by atoms with Gasteiger partial charge in [-0.2, -0.15) is 0 Å². The third-order valence-corrected chi connectivity index (χ3v) is 1.01. The van der Waals surface area contributed by atoms with Gasteiger partial charge in [0.25, 0.3) is 5.91 Å². The second kappa shape index (κ2) is 3.53. The molecule has 68 valence electrons. The Bertz CT molecular complexity index is 233. The van der Waals surface area contributed by atoms with Crippen LogP contribution >= 0.6 is 0 Å². The van der Waals surface area contributed by atoms with E-state index in [1.165, 1.54) is 0 Å². The van der Waals surface area contributed by atoms with Gasteiger partial charge >= 0.3 is 6.03 Å². The summed E-state index contributed by atoms with van der Waals surface area (Å²) in [5.41, 5.74) is 4.64. The van der Waals surface area contributed by atoms with Gasteiger partial charge in [-0.15, -0.1) is 0 Å². The lowest BCUT2D eigenvalue weighted by molar-refractivity contribution is -0.218. The highest BCUT2D eigenvalue weighted by molar-refractivity contribution is 6.04. The van der Waals surface area contributed by atoms with Gasteiger partial charge in [-0.1, -0.05) is 0 Å². The number of imide groups is 1. The highest BCUT2D eigenvalue weighted by Gasteiger charge is 2.28. The molecule has 0 radical (unpaired) electrons. The number of amidine groups is 1. The predicted octanol–water partition coefficient (Wildman–Crippen LogP) is -2.80. The van der Waals surface area contributed by atoms with Crippen LogP contribution in [-0.4, -0.2) is 24.1 Å². The van der Waals surface area contributed by atoms with Crippen LogP contribution in [0, 0.1) is 0 Å². The Morgan fingerprint density at radius 1 is 1.58 bits per heavy atom. The quantitative estimate of drug-likeness (QED) is 0.193. The van der Waals surface area contributed by atoms with Gasteiger partial charge in [0, 0.05) is 6.02 Å². The van der Waals surface area contributed by atoms with E-state index in [4.69, 9.17) is 0 Å². The van der Waals surface area contributed by atoms with Crippen LogP contribution in [0.25, 0.3) is 0 Å². The SMILES string of the molecule is N/C([O-])=N/C1NC(=O)NC1=O.[NH4+]. The van der Waals surface area contributed by atoms with E-state index in [1.807, 2.05) is 5.32 Å². The van der Waals surface area contributed by atoms with Crippen LogP contribution in [0.15, 0.2) is 4.99 Å². The summed E-state index contributed by atoms with van der Waals surface area (Å²) in [5.74, 6) is -0.672. The molecule has 1 saturated heterocycles. The second-order valence-electron chi connectivity index (χ2n) is 1.83. The Balaban J connectivity index is 0.00000121. The van der Waals surface area contributed by atoms with Gasteiger partial charge in [0.1, 0.15) is 0 Å². The molecule has 8 heteroatoms. The number of nitrogens with two attached hydrogens (primary N) is 1. The average Bonchev–Trinajstić information content (AvgIpc) is 2.09. The normalized spacial score (nSPS) is 22.7. The molecule has 1 unspecified atom stereocenters. The van der Waals surface area contributed by atoms with Gasteiger partial charge in [0.2, 0.25) is 6.17 Å². The molecular weight excluding hydrogens is 166 g/mol.